The Kier molecular flexibility index (Phi) is 4.68. The normalized spacial score (nSPS) is 15.5. The molecule has 0 amide bonds. The number of benzene rings is 2. The standard InChI is InChI=1S/C19H12BrN3O3.CH4/c20-10-3-1-9(2-4-10)15-13(8-21)18(23)26-17-12-7-11(22)5-6-14(12)25-19(24)16(15)17;/h1-7,15H,22-23H2;1H4. The van der Waals surface area contributed by atoms with Crippen molar-refractivity contribution in [2.24, 2.45) is 5.73 Å². The average Bonchev–Trinajstić information content (AvgIpc) is 2.62. The highest BCUT2D eigenvalue weighted by Gasteiger charge is 2.35. The van der Waals surface area contributed by atoms with Gasteiger partial charge in [-0.3, -0.25) is 0 Å². The number of ether oxygens (including phenoxy) is 1. The van der Waals surface area contributed by atoms with Crippen molar-refractivity contribution < 1.29 is 9.15 Å². The molecule has 1 aromatic heterocycles. The molecule has 1 unspecified atom stereocenters. The lowest BCUT2D eigenvalue weighted by atomic mass is 9.84. The fourth-order valence-corrected chi connectivity index (χ4v) is 3.39. The Hall–Kier alpha value is -3.24. The van der Waals surface area contributed by atoms with Gasteiger partial charge < -0.3 is 20.6 Å². The third-order valence-electron chi connectivity index (χ3n) is 4.29. The molecule has 136 valence electrons. The molecule has 4 rings (SSSR count). The zero-order valence-electron chi connectivity index (χ0n) is 13.3. The molecule has 2 heterocycles. The Morgan fingerprint density at radius 1 is 1.11 bits per heavy atom. The number of hydrogen-bond acceptors (Lipinski definition) is 6. The first kappa shape index (κ1) is 18.5. The first-order valence-electron chi connectivity index (χ1n) is 7.69. The molecule has 0 fully saturated rings. The summed E-state index contributed by atoms with van der Waals surface area (Å²) in [5, 5.41) is 10.1. The molecule has 4 N–H and O–H groups in total. The van der Waals surface area contributed by atoms with Gasteiger partial charge >= 0.3 is 5.63 Å². The summed E-state index contributed by atoms with van der Waals surface area (Å²) in [7, 11) is 0. The summed E-state index contributed by atoms with van der Waals surface area (Å²) < 4.78 is 12.0. The number of halogens is 1. The maximum atomic E-state index is 12.7. The van der Waals surface area contributed by atoms with Gasteiger partial charge in [-0.1, -0.05) is 35.5 Å². The second kappa shape index (κ2) is 6.82. The lowest BCUT2D eigenvalue weighted by molar-refractivity contribution is 0.388. The smallest absolute Gasteiger partial charge is 0.344 e. The molecule has 7 heteroatoms. The van der Waals surface area contributed by atoms with E-state index in [0.29, 0.717) is 16.7 Å². The lowest BCUT2D eigenvalue weighted by Crippen LogP contribution is -2.26. The predicted molar refractivity (Wildman–Crippen MR) is 107 cm³/mol. The third-order valence-corrected chi connectivity index (χ3v) is 4.82. The topological polar surface area (TPSA) is 115 Å². The molecule has 0 radical (unpaired) electrons. The number of fused-ring (bicyclic) bond motifs is 3. The van der Waals surface area contributed by atoms with E-state index in [2.05, 4.69) is 22.0 Å². The van der Waals surface area contributed by atoms with Crippen molar-refractivity contribution in [3.05, 3.63) is 79.9 Å². The van der Waals surface area contributed by atoms with Crippen LogP contribution in [0, 0.1) is 11.3 Å². The van der Waals surface area contributed by atoms with Crippen molar-refractivity contribution >= 4 is 32.6 Å². The Bertz CT molecular complexity index is 1170. The van der Waals surface area contributed by atoms with Gasteiger partial charge in [-0.05, 0) is 35.9 Å². The van der Waals surface area contributed by atoms with Gasteiger partial charge in [0.25, 0.3) is 0 Å². The van der Waals surface area contributed by atoms with Gasteiger partial charge in [-0.2, -0.15) is 5.26 Å². The van der Waals surface area contributed by atoms with E-state index >= 15 is 0 Å². The van der Waals surface area contributed by atoms with E-state index in [-0.39, 0.29) is 30.2 Å². The number of allylic oxidation sites excluding steroid dienone is 1. The minimum Gasteiger partial charge on any atom is -0.439 e. The Morgan fingerprint density at radius 3 is 2.48 bits per heavy atom. The molecule has 3 aromatic rings. The van der Waals surface area contributed by atoms with E-state index in [4.69, 9.17) is 20.6 Å². The second-order valence-corrected chi connectivity index (χ2v) is 6.78. The zero-order valence-corrected chi connectivity index (χ0v) is 14.9. The summed E-state index contributed by atoms with van der Waals surface area (Å²) in [6.45, 7) is 0. The van der Waals surface area contributed by atoms with Crippen LogP contribution in [-0.2, 0) is 0 Å². The highest BCUT2D eigenvalue weighted by molar-refractivity contribution is 9.10. The maximum Gasteiger partial charge on any atom is 0.344 e. The Balaban J connectivity index is 0.00000210. The van der Waals surface area contributed by atoms with Crippen molar-refractivity contribution in [3.63, 3.8) is 0 Å². The summed E-state index contributed by atoms with van der Waals surface area (Å²) >= 11 is 3.38. The number of nitrogens with zero attached hydrogens (tertiary/aromatic N) is 1. The lowest BCUT2D eigenvalue weighted by Gasteiger charge is -2.26. The molecule has 27 heavy (non-hydrogen) atoms. The highest BCUT2D eigenvalue weighted by Crippen LogP contribution is 2.43. The fourth-order valence-electron chi connectivity index (χ4n) is 3.13. The average molecular weight is 426 g/mol. The molecular weight excluding hydrogens is 410 g/mol. The molecule has 0 saturated heterocycles. The monoisotopic (exact) mass is 425 g/mol. The van der Waals surface area contributed by atoms with Crippen LogP contribution in [0.15, 0.2) is 67.6 Å². The quantitative estimate of drug-likeness (QED) is 0.449. The van der Waals surface area contributed by atoms with Crippen molar-refractivity contribution in [3.8, 4) is 11.8 Å². The number of nitrogens with two attached hydrogens (primary N) is 2. The summed E-state index contributed by atoms with van der Waals surface area (Å²) in [5.41, 5.74) is 13.2. The van der Waals surface area contributed by atoms with Gasteiger partial charge in [0, 0.05) is 10.2 Å². The SMILES string of the molecule is C.N#CC1=C(N)Oc2c(c(=O)oc3ccc(N)cc23)C1c1ccc(Br)cc1. The van der Waals surface area contributed by atoms with Gasteiger partial charge in [0.1, 0.15) is 17.2 Å². The highest BCUT2D eigenvalue weighted by atomic mass is 79.9. The largest absolute Gasteiger partial charge is 0.439 e. The van der Waals surface area contributed by atoms with E-state index in [9.17, 15) is 10.1 Å². The summed E-state index contributed by atoms with van der Waals surface area (Å²) in [6, 6.07) is 14.2. The van der Waals surface area contributed by atoms with Crippen LogP contribution < -0.4 is 21.8 Å². The molecular formula is C20H16BrN3O3. The van der Waals surface area contributed by atoms with Crippen molar-refractivity contribution in [1.29, 1.82) is 5.26 Å². The van der Waals surface area contributed by atoms with Gasteiger partial charge in [0.05, 0.1) is 16.9 Å². The second-order valence-electron chi connectivity index (χ2n) is 5.86. The van der Waals surface area contributed by atoms with Crippen molar-refractivity contribution in [2.75, 3.05) is 5.73 Å². The van der Waals surface area contributed by atoms with Gasteiger partial charge in [0.15, 0.2) is 5.75 Å². The minimum atomic E-state index is -0.682. The molecule has 0 bridgehead atoms. The Labute approximate surface area is 163 Å². The van der Waals surface area contributed by atoms with Crippen LogP contribution in [0.2, 0.25) is 0 Å². The Morgan fingerprint density at radius 2 is 1.81 bits per heavy atom. The fraction of sp³-hybridized carbons (Fsp3) is 0.100. The van der Waals surface area contributed by atoms with Gasteiger partial charge in [-0.25, -0.2) is 4.79 Å². The summed E-state index contributed by atoms with van der Waals surface area (Å²) in [5.74, 6) is -0.450. The number of nitrogen functional groups attached to an aromatic ring is 1. The van der Waals surface area contributed by atoms with E-state index in [0.717, 1.165) is 10.0 Å². The van der Waals surface area contributed by atoms with E-state index in [1.54, 1.807) is 18.2 Å². The minimum absolute atomic E-state index is 0. The van der Waals surface area contributed by atoms with Gasteiger partial charge in [0.2, 0.25) is 5.88 Å². The van der Waals surface area contributed by atoms with Crippen LogP contribution in [-0.4, -0.2) is 0 Å². The molecule has 1 atom stereocenters. The summed E-state index contributed by atoms with van der Waals surface area (Å²) in [4.78, 5) is 12.7. The van der Waals surface area contributed by atoms with E-state index in [1.165, 1.54) is 0 Å². The van der Waals surface area contributed by atoms with E-state index in [1.807, 2.05) is 24.3 Å². The zero-order chi connectivity index (χ0) is 18.4. The molecule has 0 spiro atoms. The number of anilines is 1. The number of hydrogen-bond donors (Lipinski definition) is 2. The molecule has 2 aromatic carbocycles. The predicted octanol–water partition coefficient (Wildman–Crippen LogP) is 3.99. The van der Waals surface area contributed by atoms with E-state index < -0.39 is 11.5 Å². The van der Waals surface area contributed by atoms with Crippen LogP contribution in [0.1, 0.15) is 24.5 Å². The van der Waals surface area contributed by atoms with Crippen LogP contribution in [0.3, 0.4) is 0 Å². The van der Waals surface area contributed by atoms with Crippen LogP contribution in [0.25, 0.3) is 11.0 Å². The maximum absolute atomic E-state index is 12.7. The number of rotatable bonds is 1. The van der Waals surface area contributed by atoms with Crippen molar-refractivity contribution in [2.45, 2.75) is 13.3 Å². The van der Waals surface area contributed by atoms with Crippen LogP contribution in [0.5, 0.6) is 5.75 Å². The van der Waals surface area contributed by atoms with Crippen molar-refractivity contribution in [1.82, 2.24) is 0 Å². The molecule has 1 aliphatic rings. The van der Waals surface area contributed by atoms with Crippen LogP contribution in [0.4, 0.5) is 5.69 Å². The number of nitriles is 1. The first-order valence-corrected chi connectivity index (χ1v) is 8.48. The molecule has 0 aliphatic carbocycles. The third kappa shape index (κ3) is 2.94. The molecule has 6 nitrogen and oxygen atoms in total. The molecule has 1 aliphatic heterocycles. The van der Waals surface area contributed by atoms with Crippen LogP contribution >= 0.6 is 15.9 Å². The first-order chi connectivity index (χ1) is 12.5. The van der Waals surface area contributed by atoms with Gasteiger partial charge in [-0.15, -0.1) is 0 Å². The summed E-state index contributed by atoms with van der Waals surface area (Å²) in [6.07, 6.45) is 0. The molecule has 0 saturated carbocycles.